The van der Waals surface area contributed by atoms with Crippen molar-refractivity contribution in [3.63, 3.8) is 0 Å². The number of thioether (sulfide) groups is 1. The van der Waals surface area contributed by atoms with Crippen LogP contribution in [-0.4, -0.2) is 34.6 Å². The van der Waals surface area contributed by atoms with Gasteiger partial charge in [-0.1, -0.05) is 54.3 Å². The summed E-state index contributed by atoms with van der Waals surface area (Å²) in [5.74, 6) is -1.26. The topological polar surface area (TPSA) is 52.6 Å². The molecule has 1 aromatic carbocycles. The van der Waals surface area contributed by atoms with Gasteiger partial charge in [-0.2, -0.15) is 0 Å². The van der Waals surface area contributed by atoms with Crippen molar-refractivity contribution in [1.82, 2.24) is 0 Å². The summed E-state index contributed by atoms with van der Waals surface area (Å²) in [6, 6.07) is 9.19. The van der Waals surface area contributed by atoms with Crippen molar-refractivity contribution in [2.45, 2.75) is 19.1 Å². The number of thiocarbonyl (C=S) groups is 1. The van der Waals surface area contributed by atoms with Gasteiger partial charge in [0.25, 0.3) is 0 Å². The fourth-order valence-corrected chi connectivity index (χ4v) is 2.62. The third-order valence-electron chi connectivity index (χ3n) is 2.24. The summed E-state index contributed by atoms with van der Waals surface area (Å²) >= 11 is 6.23. The number of hydrogen-bond acceptors (Lipinski definition) is 6. The molecule has 0 atom stereocenters. The van der Waals surface area contributed by atoms with E-state index in [0.717, 1.165) is 17.3 Å². The van der Waals surface area contributed by atoms with Crippen LogP contribution >= 0.6 is 24.0 Å². The second-order valence-corrected chi connectivity index (χ2v) is 5.44. The lowest BCUT2D eigenvalue weighted by Gasteiger charge is -2.14. The molecule has 6 heteroatoms. The highest BCUT2D eigenvalue weighted by molar-refractivity contribution is 8.24. The summed E-state index contributed by atoms with van der Waals surface area (Å²) in [6.45, 7) is 3.77. The number of ether oxygens (including phenoxy) is 2. The summed E-state index contributed by atoms with van der Waals surface area (Å²) in [5, 5.41) is -1.08. The van der Waals surface area contributed by atoms with E-state index in [1.54, 1.807) is 13.8 Å². The molecule has 0 saturated carbocycles. The largest absolute Gasteiger partial charge is 0.465 e. The van der Waals surface area contributed by atoms with Crippen molar-refractivity contribution >= 4 is 40.1 Å². The molecule has 20 heavy (non-hydrogen) atoms. The van der Waals surface area contributed by atoms with Crippen LogP contribution in [0, 0.1) is 0 Å². The highest BCUT2D eigenvalue weighted by Crippen LogP contribution is 2.21. The quantitative estimate of drug-likeness (QED) is 0.457. The molecular formula is C14H16O4S2. The lowest BCUT2D eigenvalue weighted by molar-refractivity contribution is -0.152. The van der Waals surface area contributed by atoms with Gasteiger partial charge in [0.1, 0.15) is 0 Å². The number of benzene rings is 1. The zero-order valence-corrected chi connectivity index (χ0v) is 13.0. The van der Waals surface area contributed by atoms with E-state index in [-0.39, 0.29) is 13.2 Å². The van der Waals surface area contributed by atoms with Crippen LogP contribution in [0.1, 0.15) is 19.4 Å². The second-order valence-electron chi connectivity index (χ2n) is 3.66. The Morgan fingerprint density at radius 3 is 2.05 bits per heavy atom. The minimum atomic E-state index is -1.08. The molecule has 0 aliphatic heterocycles. The molecular weight excluding hydrogens is 296 g/mol. The molecule has 0 aromatic heterocycles. The molecule has 0 N–H and O–H groups in total. The van der Waals surface area contributed by atoms with Gasteiger partial charge >= 0.3 is 11.9 Å². The monoisotopic (exact) mass is 312 g/mol. The fraction of sp³-hybridized carbons (Fsp3) is 0.357. The summed E-state index contributed by atoms with van der Waals surface area (Å²) in [7, 11) is 0. The van der Waals surface area contributed by atoms with Gasteiger partial charge in [0.2, 0.25) is 5.25 Å². The molecule has 0 aliphatic rings. The van der Waals surface area contributed by atoms with Gasteiger partial charge < -0.3 is 9.47 Å². The molecule has 0 unspecified atom stereocenters. The van der Waals surface area contributed by atoms with Crippen LogP contribution in [0.5, 0.6) is 0 Å². The molecule has 0 amide bonds. The van der Waals surface area contributed by atoms with Gasteiger partial charge in [0.05, 0.1) is 17.4 Å². The van der Waals surface area contributed by atoms with E-state index in [9.17, 15) is 9.59 Å². The van der Waals surface area contributed by atoms with E-state index in [1.807, 2.05) is 30.3 Å². The predicted molar refractivity (Wildman–Crippen MR) is 82.8 cm³/mol. The van der Waals surface area contributed by atoms with Crippen LogP contribution < -0.4 is 0 Å². The van der Waals surface area contributed by atoms with Crippen LogP contribution in [0.4, 0.5) is 0 Å². The molecule has 1 aromatic rings. The Morgan fingerprint density at radius 1 is 1.10 bits per heavy atom. The van der Waals surface area contributed by atoms with Crippen molar-refractivity contribution in [2.24, 2.45) is 0 Å². The van der Waals surface area contributed by atoms with Gasteiger partial charge in [0, 0.05) is 0 Å². The van der Waals surface area contributed by atoms with Gasteiger partial charge in [0.15, 0.2) is 0 Å². The number of carbonyl (C=O) groups excluding carboxylic acids is 2. The highest BCUT2D eigenvalue weighted by atomic mass is 32.2. The van der Waals surface area contributed by atoms with Crippen LogP contribution in [0.3, 0.4) is 0 Å². The first-order valence-electron chi connectivity index (χ1n) is 6.19. The van der Waals surface area contributed by atoms with E-state index >= 15 is 0 Å². The van der Waals surface area contributed by atoms with Gasteiger partial charge in [-0.05, 0) is 19.4 Å². The van der Waals surface area contributed by atoms with Crippen molar-refractivity contribution in [1.29, 1.82) is 0 Å². The van der Waals surface area contributed by atoms with E-state index in [1.165, 1.54) is 0 Å². The normalized spacial score (nSPS) is 10.2. The molecule has 0 bridgehead atoms. The van der Waals surface area contributed by atoms with Gasteiger partial charge in [-0.15, -0.1) is 0 Å². The summed E-state index contributed by atoms with van der Waals surface area (Å²) in [6.07, 6.45) is 0. The zero-order valence-electron chi connectivity index (χ0n) is 11.3. The van der Waals surface area contributed by atoms with Crippen LogP contribution in [0.15, 0.2) is 30.3 Å². The molecule has 0 radical (unpaired) electrons. The van der Waals surface area contributed by atoms with Crippen molar-refractivity contribution in [2.75, 3.05) is 13.2 Å². The number of hydrogen-bond donors (Lipinski definition) is 0. The molecule has 0 aliphatic carbocycles. The third-order valence-corrected chi connectivity index (χ3v) is 3.83. The van der Waals surface area contributed by atoms with Gasteiger partial charge in [-0.25, -0.2) is 0 Å². The fourth-order valence-electron chi connectivity index (χ4n) is 1.38. The van der Waals surface area contributed by atoms with Crippen LogP contribution in [0.25, 0.3) is 0 Å². The third kappa shape index (κ3) is 4.94. The Bertz CT molecular complexity index is 455. The molecule has 0 fully saturated rings. The Kier molecular flexibility index (Phi) is 7.25. The van der Waals surface area contributed by atoms with E-state index in [0.29, 0.717) is 4.20 Å². The van der Waals surface area contributed by atoms with E-state index in [2.05, 4.69) is 0 Å². The van der Waals surface area contributed by atoms with E-state index < -0.39 is 17.2 Å². The maximum absolute atomic E-state index is 11.8. The molecule has 0 saturated heterocycles. The molecule has 0 spiro atoms. The number of rotatable bonds is 6. The average molecular weight is 312 g/mol. The maximum atomic E-state index is 11.8. The zero-order chi connectivity index (χ0) is 15.0. The van der Waals surface area contributed by atoms with Crippen molar-refractivity contribution in [3.8, 4) is 0 Å². The summed E-state index contributed by atoms with van der Waals surface area (Å²) in [5.41, 5.74) is 0.783. The lowest BCUT2D eigenvalue weighted by Crippen LogP contribution is -2.32. The minimum Gasteiger partial charge on any atom is -0.465 e. The van der Waals surface area contributed by atoms with Crippen molar-refractivity contribution in [3.05, 3.63) is 35.9 Å². The minimum absolute atomic E-state index is 0.202. The molecule has 1 rings (SSSR count). The first-order chi connectivity index (χ1) is 9.60. The smallest absolute Gasteiger partial charge is 0.331 e. The van der Waals surface area contributed by atoms with E-state index in [4.69, 9.17) is 21.7 Å². The highest BCUT2D eigenvalue weighted by Gasteiger charge is 2.31. The summed E-state index contributed by atoms with van der Waals surface area (Å²) in [4.78, 5) is 23.6. The Labute approximate surface area is 127 Å². The number of esters is 2. The molecule has 0 heterocycles. The van der Waals surface area contributed by atoms with Crippen LogP contribution in [-0.2, 0) is 19.1 Å². The SMILES string of the molecule is CCOC(=O)C(SC(=S)c1ccccc1)C(=O)OCC. The van der Waals surface area contributed by atoms with Crippen molar-refractivity contribution < 1.29 is 19.1 Å². The van der Waals surface area contributed by atoms with Gasteiger partial charge in [-0.3, -0.25) is 9.59 Å². The summed E-state index contributed by atoms with van der Waals surface area (Å²) < 4.78 is 10.2. The number of carbonyl (C=O) groups is 2. The predicted octanol–water partition coefficient (Wildman–Crippen LogP) is 2.59. The average Bonchev–Trinajstić information content (AvgIpc) is 2.45. The second kappa shape index (κ2) is 8.71. The lowest BCUT2D eigenvalue weighted by atomic mass is 10.2. The first-order valence-corrected chi connectivity index (χ1v) is 7.48. The molecule has 4 nitrogen and oxygen atoms in total. The van der Waals surface area contributed by atoms with Crippen LogP contribution in [0.2, 0.25) is 0 Å². The molecule has 108 valence electrons. The Hall–Kier alpha value is -1.40. The maximum Gasteiger partial charge on any atom is 0.331 e. The Balaban J connectivity index is 2.81. The first kappa shape index (κ1) is 16.7. The Morgan fingerprint density at radius 2 is 1.60 bits per heavy atom. The standard InChI is InChI=1S/C14H16O4S2/c1-3-17-12(15)11(13(16)18-4-2)20-14(19)10-8-6-5-7-9-10/h5-9,11H,3-4H2,1-2H3.